The van der Waals surface area contributed by atoms with Crippen LogP contribution in [-0.4, -0.2) is 67.1 Å². The van der Waals surface area contributed by atoms with Crippen molar-refractivity contribution in [2.24, 2.45) is 5.92 Å². The maximum atomic E-state index is 12.5. The average molecular weight is 462 g/mol. The molecule has 2 aliphatic heterocycles. The predicted octanol–water partition coefficient (Wildman–Crippen LogP) is 2.93. The summed E-state index contributed by atoms with van der Waals surface area (Å²) in [6.07, 6.45) is 5.15. The van der Waals surface area contributed by atoms with Gasteiger partial charge in [0.2, 0.25) is 0 Å². The number of hydrogen-bond acceptors (Lipinski definition) is 8. The van der Waals surface area contributed by atoms with Crippen molar-refractivity contribution in [3.05, 3.63) is 33.9 Å². The van der Waals surface area contributed by atoms with Crippen molar-refractivity contribution < 1.29 is 28.8 Å². The second kappa shape index (κ2) is 11.6. The molecule has 2 saturated heterocycles. The van der Waals surface area contributed by atoms with E-state index in [1.54, 1.807) is 17.9 Å². The van der Waals surface area contributed by atoms with Gasteiger partial charge in [0.15, 0.2) is 6.61 Å². The molecule has 0 atom stereocenters. The van der Waals surface area contributed by atoms with Crippen molar-refractivity contribution in [1.82, 2.24) is 4.90 Å². The van der Waals surface area contributed by atoms with Crippen LogP contribution in [0.1, 0.15) is 55.8 Å². The lowest BCUT2D eigenvalue weighted by molar-refractivity contribution is -0.384. The summed E-state index contributed by atoms with van der Waals surface area (Å²) in [4.78, 5) is 51.4. The average Bonchev–Trinajstić information content (AvgIpc) is 3.11. The summed E-state index contributed by atoms with van der Waals surface area (Å²) in [5.74, 6) is -1.61. The third-order valence-corrected chi connectivity index (χ3v) is 6.15. The van der Waals surface area contributed by atoms with Crippen LogP contribution in [0.4, 0.5) is 11.4 Å². The van der Waals surface area contributed by atoms with Gasteiger partial charge in [-0.2, -0.15) is 0 Å². The van der Waals surface area contributed by atoms with E-state index in [2.05, 4.69) is 0 Å². The lowest BCUT2D eigenvalue weighted by Gasteiger charge is -2.30. The molecule has 0 unspecified atom stereocenters. The van der Waals surface area contributed by atoms with Crippen LogP contribution in [0.5, 0.6) is 0 Å². The van der Waals surface area contributed by atoms with Crippen LogP contribution in [0.2, 0.25) is 0 Å². The van der Waals surface area contributed by atoms with E-state index >= 15 is 0 Å². The van der Waals surface area contributed by atoms with E-state index in [-0.39, 0.29) is 29.0 Å². The number of carbonyl (C=O) groups is 3. The number of hydrogen-bond donors (Lipinski definition) is 0. The number of esters is 2. The van der Waals surface area contributed by atoms with Crippen LogP contribution in [0.25, 0.3) is 0 Å². The minimum Gasteiger partial charge on any atom is -0.466 e. The molecular formula is C23H31N3O7. The summed E-state index contributed by atoms with van der Waals surface area (Å²) >= 11 is 0. The molecule has 0 N–H and O–H groups in total. The van der Waals surface area contributed by atoms with E-state index in [0.29, 0.717) is 38.2 Å². The van der Waals surface area contributed by atoms with Crippen LogP contribution in [0.15, 0.2) is 18.2 Å². The third kappa shape index (κ3) is 6.43. The van der Waals surface area contributed by atoms with Gasteiger partial charge in [-0.1, -0.05) is 12.8 Å². The first-order valence-corrected chi connectivity index (χ1v) is 11.6. The molecule has 0 bridgehead atoms. The zero-order chi connectivity index (χ0) is 23.8. The Morgan fingerprint density at radius 2 is 1.70 bits per heavy atom. The summed E-state index contributed by atoms with van der Waals surface area (Å²) in [7, 11) is 0. The molecule has 180 valence electrons. The van der Waals surface area contributed by atoms with Gasteiger partial charge in [-0.15, -0.1) is 0 Å². The summed E-state index contributed by atoms with van der Waals surface area (Å²) in [6, 6.07) is 4.31. The van der Waals surface area contributed by atoms with Crippen LogP contribution in [-0.2, 0) is 19.1 Å². The minimum absolute atomic E-state index is 0.0362. The van der Waals surface area contributed by atoms with Gasteiger partial charge in [0.25, 0.3) is 11.6 Å². The van der Waals surface area contributed by atoms with E-state index in [9.17, 15) is 24.5 Å². The molecule has 33 heavy (non-hydrogen) atoms. The Balaban J connectivity index is 1.56. The minimum atomic E-state index is -0.782. The molecule has 0 radical (unpaired) electrons. The fourth-order valence-electron chi connectivity index (χ4n) is 4.30. The molecule has 2 fully saturated rings. The molecule has 10 heteroatoms. The number of nitrogens with zero attached hydrogens (tertiary/aromatic N) is 3. The van der Waals surface area contributed by atoms with Crippen LogP contribution in [0.3, 0.4) is 0 Å². The number of anilines is 1. The third-order valence-electron chi connectivity index (χ3n) is 6.15. The monoisotopic (exact) mass is 461 g/mol. The molecule has 3 rings (SSSR count). The van der Waals surface area contributed by atoms with Gasteiger partial charge in [0.1, 0.15) is 5.69 Å². The second-order valence-electron chi connectivity index (χ2n) is 8.35. The van der Waals surface area contributed by atoms with Crippen LogP contribution >= 0.6 is 0 Å². The van der Waals surface area contributed by atoms with E-state index in [1.807, 2.05) is 4.90 Å². The zero-order valence-corrected chi connectivity index (χ0v) is 19.0. The Hall–Kier alpha value is -3.17. The largest absolute Gasteiger partial charge is 0.466 e. The van der Waals surface area contributed by atoms with E-state index in [0.717, 1.165) is 38.8 Å². The highest BCUT2D eigenvalue weighted by Crippen LogP contribution is 2.31. The van der Waals surface area contributed by atoms with Gasteiger partial charge < -0.3 is 19.3 Å². The highest BCUT2D eigenvalue weighted by molar-refractivity contribution is 5.93. The Kier molecular flexibility index (Phi) is 8.62. The second-order valence-corrected chi connectivity index (χ2v) is 8.35. The summed E-state index contributed by atoms with van der Waals surface area (Å²) in [5.41, 5.74) is 0.395. The smallest absolute Gasteiger partial charge is 0.338 e. The Morgan fingerprint density at radius 3 is 2.30 bits per heavy atom. The van der Waals surface area contributed by atoms with Crippen molar-refractivity contribution in [3.8, 4) is 0 Å². The number of likely N-dealkylation sites (tertiary alicyclic amines) is 1. The number of rotatable bonds is 7. The van der Waals surface area contributed by atoms with Crippen LogP contribution < -0.4 is 4.90 Å². The molecule has 1 amide bonds. The quantitative estimate of drug-likeness (QED) is 0.345. The lowest BCUT2D eigenvalue weighted by Crippen LogP contribution is -2.42. The Bertz CT molecular complexity index is 873. The highest BCUT2D eigenvalue weighted by atomic mass is 16.6. The fraction of sp³-hybridized carbons (Fsp3) is 0.609. The maximum absolute atomic E-state index is 12.5. The molecule has 2 aliphatic rings. The van der Waals surface area contributed by atoms with Gasteiger partial charge in [-0.25, -0.2) is 4.79 Å². The SMILES string of the molecule is CCOC(=O)C1CCN(C(=O)COC(=O)c2ccc(N3CCCCCC3)c([N+](=O)[O-])c2)CC1. The fourth-order valence-corrected chi connectivity index (χ4v) is 4.30. The molecule has 1 aromatic rings. The number of nitro groups is 1. The molecule has 0 spiro atoms. The van der Waals surface area contributed by atoms with Crippen molar-refractivity contribution in [3.63, 3.8) is 0 Å². The normalized spacial score (nSPS) is 17.2. The lowest BCUT2D eigenvalue weighted by atomic mass is 9.97. The first kappa shape index (κ1) is 24.5. The number of piperidine rings is 1. The number of ether oxygens (including phenoxy) is 2. The van der Waals surface area contributed by atoms with E-state index < -0.39 is 17.5 Å². The number of benzene rings is 1. The van der Waals surface area contributed by atoms with Gasteiger partial charge in [0, 0.05) is 32.2 Å². The van der Waals surface area contributed by atoms with Gasteiger partial charge in [-0.05, 0) is 44.7 Å². The van der Waals surface area contributed by atoms with Gasteiger partial charge in [0.05, 0.1) is 23.0 Å². The number of amides is 1. The molecule has 0 aliphatic carbocycles. The van der Waals surface area contributed by atoms with Gasteiger partial charge in [-0.3, -0.25) is 19.7 Å². The topological polar surface area (TPSA) is 119 Å². The van der Waals surface area contributed by atoms with E-state index in [4.69, 9.17) is 9.47 Å². The standard InChI is InChI=1S/C23H31N3O7/c1-2-32-22(28)17-9-13-25(14-10-17)21(27)16-33-23(29)18-7-8-19(20(15-18)26(30)31)24-11-5-3-4-6-12-24/h7-8,15,17H,2-6,9-14,16H2,1H3. The summed E-state index contributed by atoms with van der Waals surface area (Å²) in [5, 5.41) is 11.6. The zero-order valence-electron chi connectivity index (χ0n) is 19.0. The highest BCUT2D eigenvalue weighted by Gasteiger charge is 2.29. The Labute approximate surface area is 193 Å². The molecule has 10 nitrogen and oxygen atoms in total. The molecule has 2 heterocycles. The molecular weight excluding hydrogens is 430 g/mol. The van der Waals surface area contributed by atoms with E-state index in [1.165, 1.54) is 12.1 Å². The molecule has 0 saturated carbocycles. The molecule has 1 aromatic carbocycles. The van der Waals surface area contributed by atoms with Gasteiger partial charge >= 0.3 is 11.9 Å². The number of carbonyl (C=O) groups excluding carboxylic acids is 3. The predicted molar refractivity (Wildman–Crippen MR) is 120 cm³/mol. The van der Waals surface area contributed by atoms with Crippen molar-refractivity contribution in [2.45, 2.75) is 45.4 Å². The summed E-state index contributed by atoms with van der Waals surface area (Å²) < 4.78 is 10.2. The Morgan fingerprint density at radius 1 is 1.03 bits per heavy atom. The number of nitro benzene ring substituents is 1. The molecule has 0 aromatic heterocycles. The summed E-state index contributed by atoms with van der Waals surface area (Å²) in [6.45, 7) is 3.88. The van der Waals surface area contributed by atoms with Crippen molar-refractivity contribution in [2.75, 3.05) is 44.3 Å². The van der Waals surface area contributed by atoms with Crippen molar-refractivity contribution in [1.29, 1.82) is 0 Å². The van der Waals surface area contributed by atoms with Crippen LogP contribution in [0, 0.1) is 16.0 Å². The first-order chi connectivity index (χ1) is 15.9. The van der Waals surface area contributed by atoms with Crippen molar-refractivity contribution >= 4 is 29.2 Å². The maximum Gasteiger partial charge on any atom is 0.338 e. The first-order valence-electron chi connectivity index (χ1n) is 11.6.